The van der Waals surface area contributed by atoms with E-state index < -0.39 is 16.8 Å². The van der Waals surface area contributed by atoms with Crippen LogP contribution in [0.5, 0.6) is 11.5 Å². The fraction of sp³-hybridized carbons (Fsp3) is 0.0833. The molecule has 0 saturated heterocycles. The van der Waals surface area contributed by atoms with Gasteiger partial charge in [0, 0.05) is 23.3 Å². The number of hydrogen-bond donors (Lipinski definition) is 1. The smallest absolute Gasteiger partial charge is 0.325 e. The number of nitrogens with zero attached hydrogens (tertiary/aromatic N) is 3. The van der Waals surface area contributed by atoms with Gasteiger partial charge in [-0.05, 0) is 48.5 Å². The Morgan fingerprint density at radius 2 is 1.60 bits per heavy atom. The van der Waals surface area contributed by atoms with Gasteiger partial charge in [-0.2, -0.15) is 0 Å². The van der Waals surface area contributed by atoms with Gasteiger partial charge in [-0.1, -0.05) is 18.2 Å². The highest BCUT2D eigenvalue weighted by molar-refractivity contribution is 5.96. The summed E-state index contributed by atoms with van der Waals surface area (Å²) >= 11 is 0. The number of hydrogen-bond acceptors (Lipinski definition) is 9. The van der Waals surface area contributed by atoms with E-state index in [4.69, 9.17) is 13.9 Å². The summed E-state index contributed by atoms with van der Waals surface area (Å²) in [5.41, 5.74) is 0.761. The van der Waals surface area contributed by atoms with Gasteiger partial charge in [0.25, 0.3) is 17.5 Å². The number of nitro benzene ring substituents is 1. The highest BCUT2D eigenvalue weighted by Gasteiger charge is 2.14. The van der Waals surface area contributed by atoms with Gasteiger partial charge in [0.15, 0.2) is 6.61 Å². The van der Waals surface area contributed by atoms with Crippen LogP contribution < -0.4 is 10.1 Å². The number of carbonyl (C=O) groups excluding carboxylic acids is 2. The first-order valence-corrected chi connectivity index (χ1v) is 10.3. The molecule has 0 saturated carbocycles. The third-order valence-corrected chi connectivity index (χ3v) is 4.64. The Morgan fingerprint density at radius 1 is 0.914 bits per heavy atom. The second kappa shape index (κ2) is 10.7. The SMILES string of the molecule is O=C(CNC(=O)c1ccc(Oc2ccccc2)cc1)OCc1nnc(-c2ccc([N+](=O)[O-])cc2)o1. The Morgan fingerprint density at radius 3 is 2.29 bits per heavy atom. The van der Waals surface area contributed by atoms with E-state index in [-0.39, 0.29) is 30.6 Å². The number of esters is 1. The number of para-hydroxylation sites is 1. The van der Waals surface area contributed by atoms with Crippen molar-refractivity contribution in [1.29, 1.82) is 0 Å². The first kappa shape index (κ1) is 23.1. The quantitative estimate of drug-likeness (QED) is 0.217. The van der Waals surface area contributed by atoms with Gasteiger partial charge >= 0.3 is 5.97 Å². The molecule has 1 aromatic heterocycles. The van der Waals surface area contributed by atoms with E-state index in [0.717, 1.165) is 0 Å². The van der Waals surface area contributed by atoms with E-state index in [0.29, 0.717) is 22.6 Å². The maximum Gasteiger partial charge on any atom is 0.325 e. The Labute approximate surface area is 198 Å². The topological polar surface area (TPSA) is 147 Å². The number of non-ortho nitro benzene ring substituents is 1. The second-order valence-corrected chi connectivity index (χ2v) is 7.09. The fourth-order valence-corrected chi connectivity index (χ4v) is 2.90. The highest BCUT2D eigenvalue weighted by Crippen LogP contribution is 2.22. The van der Waals surface area contributed by atoms with Crippen molar-refractivity contribution in [2.24, 2.45) is 0 Å². The van der Waals surface area contributed by atoms with Crippen LogP contribution in [0.1, 0.15) is 16.2 Å². The molecule has 11 nitrogen and oxygen atoms in total. The molecule has 0 atom stereocenters. The third-order valence-electron chi connectivity index (χ3n) is 4.64. The molecule has 1 N–H and O–H groups in total. The van der Waals surface area contributed by atoms with Gasteiger partial charge in [0.1, 0.15) is 18.0 Å². The number of rotatable bonds is 9. The molecule has 4 aromatic rings. The van der Waals surface area contributed by atoms with Crippen molar-refractivity contribution in [2.45, 2.75) is 6.61 Å². The number of nitro groups is 1. The standard InChI is InChI=1S/C24H18N4O7/c29-22(33-15-21-26-27-24(35-21)17-6-10-18(11-7-17)28(31)32)14-25-23(30)16-8-12-20(13-9-16)34-19-4-2-1-3-5-19/h1-13H,14-15H2,(H,25,30). The highest BCUT2D eigenvalue weighted by atomic mass is 16.6. The molecule has 0 aliphatic rings. The van der Waals surface area contributed by atoms with Crippen molar-refractivity contribution in [2.75, 3.05) is 6.54 Å². The minimum absolute atomic E-state index is 0.0343. The molecular weight excluding hydrogens is 456 g/mol. The average Bonchev–Trinajstić information content (AvgIpc) is 3.36. The number of benzene rings is 3. The molecule has 0 bridgehead atoms. The van der Waals surface area contributed by atoms with Crippen LogP contribution in [0.3, 0.4) is 0 Å². The van der Waals surface area contributed by atoms with Crippen LogP contribution in [0, 0.1) is 10.1 Å². The maximum atomic E-state index is 12.3. The first-order valence-electron chi connectivity index (χ1n) is 10.3. The Hall–Kier alpha value is -5.06. The lowest BCUT2D eigenvalue weighted by atomic mass is 10.2. The second-order valence-electron chi connectivity index (χ2n) is 7.09. The molecule has 1 amide bonds. The van der Waals surface area contributed by atoms with E-state index in [2.05, 4.69) is 15.5 Å². The summed E-state index contributed by atoms with van der Waals surface area (Å²) in [7, 11) is 0. The monoisotopic (exact) mass is 474 g/mol. The van der Waals surface area contributed by atoms with Crippen LogP contribution in [0.25, 0.3) is 11.5 Å². The average molecular weight is 474 g/mol. The van der Waals surface area contributed by atoms with Gasteiger partial charge in [0.05, 0.1) is 4.92 Å². The van der Waals surface area contributed by atoms with Gasteiger partial charge < -0.3 is 19.2 Å². The van der Waals surface area contributed by atoms with Crippen LogP contribution in [0.15, 0.2) is 83.3 Å². The number of aromatic nitrogens is 2. The summed E-state index contributed by atoms with van der Waals surface area (Å²) in [6.07, 6.45) is 0. The summed E-state index contributed by atoms with van der Waals surface area (Å²) in [5, 5.41) is 20.8. The molecule has 176 valence electrons. The minimum Gasteiger partial charge on any atom is -0.457 e. The summed E-state index contributed by atoms with van der Waals surface area (Å²) < 4.78 is 16.1. The van der Waals surface area contributed by atoms with Crippen LogP contribution in [-0.4, -0.2) is 33.5 Å². The zero-order valence-electron chi connectivity index (χ0n) is 18.1. The molecule has 0 unspecified atom stereocenters. The van der Waals surface area contributed by atoms with Crippen LogP contribution in [0.4, 0.5) is 5.69 Å². The number of ether oxygens (including phenoxy) is 2. The lowest BCUT2D eigenvalue weighted by Gasteiger charge is -2.07. The van der Waals surface area contributed by atoms with E-state index in [1.54, 1.807) is 24.3 Å². The zero-order chi connectivity index (χ0) is 24.6. The molecule has 0 aliphatic carbocycles. The molecule has 0 spiro atoms. The van der Waals surface area contributed by atoms with Gasteiger partial charge in [-0.3, -0.25) is 19.7 Å². The Bertz CT molecular complexity index is 1320. The van der Waals surface area contributed by atoms with Gasteiger partial charge in [0.2, 0.25) is 5.89 Å². The van der Waals surface area contributed by atoms with Crippen molar-refractivity contribution in [3.05, 3.63) is 100 Å². The lowest BCUT2D eigenvalue weighted by molar-refractivity contribution is -0.384. The summed E-state index contributed by atoms with van der Waals surface area (Å²) in [6, 6.07) is 21.2. The van der Waals surface area contributed by atoms with E-state index >= 15 is 0 Å². The predicted molar refractivity (Wildman–Crippen MR) is 121 cm³/mol. The minimum atomic E-state index is -0.697. The number of carbonyl (C=O) groups is 2. The van der Waals surface area contributed by atoms with E-state index in [1.807, 2.05) is 30.3 Å². The summed E-state index contributed by atoms with van der Waals surface area (Å²) in [4.78, 5) is 34.5. The van der Waals surface area contributed by atoms with E-state index in [9.17, 15) is 19.7 Å². The van der Waals surface area contributed by atoms with Crippen molar-refractivity contribution >= 4 is 17.6 Å². The van der Waals surface area contributed by atoms with E-state index in [1.165, 1.54) is 24.3 Å². The Balaban J connectivity index is 1.23. The van der Waals surface area contributed by atoms with Gasteiger partial charge in [-0.25, -0.2) is 0 Å². The fourth-order valence-electron chi connectivity index (χ4n) is 2.90. The molecule has 0 radical (unpaired) electrons. The molecule has 0 aliphatic heterocycles. The largest absolute Gasteiger partial charge is 0.457 e. The lowest BCUT2D eigenvalue weighted by Crippen LogP contribution is -2.30. The van der Waals surface area contributed by atoms with Crippen molar-refractivity contribution in [3.63, 3.8) is 0 Å². The molecule has 3 aromatic carbocycles. The molecule has 0 fully saturated rings. The molecule has 4 rings (SSSR count). The number of nitrogens with one attached hydrogen (secondary N) is 1. The summed E-state index contributed by atoms with van der Waals surface area (Å²) in [6.45, 7) is -0.648. The molecule has 1 heterocycles. The third kappa shape index (κ3) is 6.26. The van der Waals surface area contributed by atoms with Crippen molar-refractivity contribution < 1.29 is 28.4 Å². The van der Waals surface area contributed by atoms with Crippen molar-refractivity contribution in [1.82, 2.24) is 15.5 Å². The predicted octanol–water partition coefficient (Wildman–Crippen LogP) is 3.91. The van der Waals surface area contributed by atoms with Gasteiger partial charge in [-0.15, -0.1) is 10.2 Å². The Kier molecular flexibility index (Phi) is 7.07. The van der Waals surface area contributed by atoms with Crippen molar-refractivity contribution in [3.8, 4) is 23.0 Å². The normalized spacial score (nSPS) is 10.4. The molecular formula is C24H18N4O7. The van der Waals surface area contributed by atoms with Crippen LogP contribution >= 0.6 is 0 Å². The number of amides is 1. The zero-order valence-corrected chi connectivity index (χ0v) is 18.1. The van der Waals surface area contributed by atoms with Crippen LogP contribution in [-0.2, 0) is 16.1 Å². The molecule has 11 heteroatoms. The van der Waals surface area contributed by atoms with Crippen LogP contribution in [0.2, 0.25) is 0 Å². The summed E-state index contributed by atoms with van der Waals surface area (Å²) in [5.74, 6) is 0.253. The maximum absolute atomic E-state index is 12.3. The molecule has 35 heavy (non-hydrogen) atoms. The first-order chi connectivity index (χ1) is 17.0.